The molecule has 1 heterocycles. The van der Waals surface area contributed by atoms with Crippen molar-refractivity contribution in [2.75, 3.05) is 44.7 Å². The highest BCUT2D eigenvalue weighted by Gasteiger charge is 2.49. The van der Waals surface area contributed by atoms with Gasteiger partial charge in [0.25, 0.3) is 0 Å². The van der Waals surface area contributed by atoms with Gasteiger partial charge in [-0.3, -0.25) is 4.79 Å². The van der Waals surface area contributed by atoms with E-state index >= 15 is 0 Å². The van der Waals surface area contributed by atoms with Gasteiger partial charge in [0.2, 0.25) is 0 Å². The number of ether oxygens (including phenoxy) is 1. The average molecular weight is 432 g/mol. The molecule has 1 aromatic carbocycles. The van der Waals surface area contributed by atoms with Crippen molar-refractivity contribution in [2.45, 2.75) is 30.8 Å². The second kappa shape index (κ2) is 8.51. The third-order valence-electron chi connectivity index (χ3n) is 4.98. The molecule has 0 saturated heterocycles. The Bertz CT molecular complexity index is 923. The number of fused-ring (bicyclic) bond motifs is 1. The van der Waals surface area contributed by atoms with Gasteiger partial charge in [-0.2, -0.15) is 0 Å². The van der Waals surface area contributed by atoms with Crippen LogP contribution in [0.25, 0.3) is 0 Å². The molecule has 0 aromatic heterocycles. The Morgan fingerprint density at radius 1 is 1.00 bits per heavy atom. The summed E-state index contributed by atoms with van der Waals surface area (Å²) in [4.78, 5) is 15.4. The van der Waals surface area contributed by atoms with Gasteiger partial charge in [0, 0.05) is 37.5 Å². The highest BCUT2D eigenvalue weighted by atomic mass is 32.2. The lowest BCUT2D eigenvalue weighted by molar-refractivity contribution is -0.139. The topological polar surface area (TPSA) is 97.8 Å². The number of hydrogen-bond acceptors (Lipinski definition) is 7. The quantitative estimate of drug-likeness (QED) is 0.581. The zero-order chi connectivity index (χ0) is 21.2. The number of Topliss-reactive ketones (excluding diaryl/α,β-unsaturated/α-hetero) is 1. The molecule has 2 rings (SSSR count). The molecule has 0 amide bonds. The highest BCUT2D eigenvalue weighted by molar-refractivity contribution is 7.90. The largest absolute Gasteiger partial charge is 0.479 e. The number of hydrogen-bond donors (Lipinski definition) is 0. The van der Waals surface area contributed by atoms with E-state index in [-0.39, 0.29) is 30.1 Å². The molecule has 1 aliphatic rings. The number of benzene rings is 1. The summed E-state index contributed by atoms with van der Waals surface area (Å²) in [6.07, 6.45) is 2.81. The third-order valence-corrected chi connectivity index (χ3v) is 6.91. The van der Waals surface area contributed by atoms with Crippen LogP contribution < -0.4 is 4.74 Å². The van der Waals surface area contributed by atoms with E-state index in [9.17, 15) is 21.6 Å². The van der Waals surface area contributed by atoms with Gasteiger partial charge in [0.05, 0.1) is 17.4 Å². The van der Waals surface area contributed by atoms with Gasteiger partial charge in [0.1, 0.15) is 25.4 Å². The lowest BCUT2D eigenvalue weighted by Crippen LogP contribution is -2.52. The number of carbonyl (C=O) groups excluding carboxylic acids is 1. The molecule has 1 aliphatic heterocycles. The predicted molar refractivity (Wildman–Crippen MR) is 109 cm³/mol. The number of para-hydroxylation sites is 1. The van der Waals surface area contributed by atoms with E-state index in [4.69, 9.17) is 4.74 Å². The molecule has 0 N–H and O–H groups in total. The van der Waals surface area contributed by atoms with E-state index in [1.54, 1.807) is 24.3 Å². The second-order valence-electron chi connectivity index (χ2n) is 7.90. The van der Waals surface area contributed by atoms with Crippen LogP contribution in [0, 0.1) is 0 Å². The summed E-state index contributed by atoms with van der Waals surface area (Å²) >= 11 is 0. The van der Waals surface area contributed by atoms with Gasteiger partial charge in [-0.15, -0.1) is 0 Å². The summed E-state index contributed by atoms with van der Waals surface area (Å²) in [5.74, 6) is -0.643. The molecule has 9 heteroatoms. The van der Waals surface area contributed by atoms with Gasteiger partial charge in [-0.1, -0.05) is 18.2 Å². The summed E-state index contributed by atoms with van der Waals surface area (Å²) < 4.78 is 53.1. The minimum absolute atomic E-state index is 0.0439. The molecule has 7 nitrogen and oxygen atoms in total. The lowest BCUT2D eigenvalue weighted by Gasteiger charge is -2.41. The number of rotatable bonds is 9. The molecule has 158 valence electrons. The van der Waals surface area contributed by atoms with Crippen molar-refractivity contribution in [1.82, 2.24) is 4.90 Å². The zero-order valence-electron chi connectivity index (χ0n) is 16.8. The molecule has 0 saturated carbocycles. The fourth-order valence-electron chi connectivity index (χ4n) is 3.43. The van der Waals surface area contributed by atoms with Crippen LogP contribution in [-0.2, 0) is 24.5 Å². The van der Waals surface area contributed by atoms with E-state index in [0.717, 1.165) is 12.5 Å². The molecule has 28 heavy (non-hydrogen) atoms. The molecular formula is C19H29NO6S2. The van der Waals surface area contributed by atoms with E-state index in [0.29, 0.717) is 24.3 Å². The van der Waals surface area contributed by atoms with Crippen LogP contribution in [-0.4, -0.2) is 77.8 Å². The smallest absolute Gasteiger partial charge is 0.184 e. The van der Waals surface area contributed by atoms with E-state index < -0.39 is 31.2 Å². The summed E-state index contributed by atoms with van der Waals surface area (Å²) in [6.45, 7) is 0.538. The van der Waals surface area contributed by atoms with Crippen LogP contribution in [0.1, 0.15) is 30.7 Å². The SMILES string of the molecule is CN(C)CCC1(CCS(C)(=O)=O)Oc2ccccc2C(CCS(C)(=O)=O)C1=O. The van der Waals surface area contributed by atoms with Crippen molar-refractivity contribution in [1.29, 1.82) is 0 Å². The highest BCUT2D eigenvalue weighted by Crippen LogP contribution is 2.43. The van der Waals surface area contributed by atoms with Crippen molar-refractivity contribution in [3.63, 3.8) is 0 Å². The van der Waals surface area contributed by atoms with Crippen molar-refractivity contribution in [3.8, 4) is 5.75 Å². The van der Waals surface area contributed by atoms with Gasteiger partial charge < -0.3 is 9.64 Å². The first-order chi connectivity index (χ1) is 12.8. The Kier molecular flexibility index (Phi) is 6.94. The van der Waals surface area contributed by atoms with Gasteiger partial charge in [-0.05, 0) is 26.6 Å². The van der Waals surface area contributed by atoms with Crippen molar-refractivity contribution in [2.24, 2.45) is 0 Å². The molecule has 2 atom stereocenters. The Morgan fingerprint density at radius 2 is 1.61 bits per heavy atom. The Hall–Kier alpha value is -1.45. The van der Waals surface area contributed by atoms with Crippen LogP contribution in [0.5, 0.6) is 5.75 Å². The van der Waals surface area contributed by atoms with Crippen molar-refractivity contribution >= 4 is 25.5 Å². The molecular weight excluding hydrogens is 402 g/mol. The van der Waals surface area contributed by atoms with Crippen LogP contribution >= 0.6 is 0 Å². The van der Waals surface area contributed by atoms with Crippen molar-refractivity contribution < 1.29 is 26.4 Å². The first-order valence-corrected chi connectivity index (χ1v) is 13.3. The van der Waals surface area contributed by atoms with Crippen LogP contribution in [0.2, 0.25) is 0 Å². The Morgan fingerprint density at radius 3 is 2.18 bits per heavy atom. The van der Waals surface area contributed by atoms with Gasteiger partial charge >= 0.3 is 0 Å². The van der Waals surface area contributed by atoms with Crippen LogP contribution in [0.15, 0.2) is 24.3 Å². The minimum atomic E-state index is -3.30. The summed E-state index contributed by atoms with van der Waals surface area (Å²) in [7, 11) is -2.81. The predicted octanol–water partition coefficient (Wildman–Crippen LogP) is 1.29. The molecule has 2 unspecified atom stereocenters. The maximum Gasteiger partial charge on any atom is 0.184 e. The maximum absolute atomic E-state index is 13.5. The first kappa shape index (κ1) is 22.8. The van der Waals surface area contributed by atoms with Crippen LogP contribution in [0.4, 0.5) is 0 Å². The number of nitrogens with zero attached hydrogens (tertiary/aromatic N) is 1. The fourth-order valence-corrected chi connectivity index (χ4v) is 4.79. The third kappa shape index (κ3) is 6.02. The van der Waals surface area contributed by atoms with E-state index in [1.165, 1.54) is 0 Å². The van der Waals surface area contributed by atoms with Crippen molar-refractivity contribution in [3.05, 3.63) is 29.8 Å². The normalized spacial score (nSPS) is 22.8. The molecule has 1 aromatic rings. The molecule has 0 spiro atoms. The monoisotopic (exact) mass is 431 g/mol. The Balaban J connectivity index is 2.47. The summed E-state index contributed by atoms with van der Waals surface area (Å²) in [5, 5.41) is 0. The summed E-state index contributed by atoms with van der Waals surface area (Å²) in [6, 6.07) is 7.09. The maximum atomic E-state index is 13.5. The fraction of sp³-hybridized carbons (Fsp3) is 0.632. The number of carbonyl (C=O) groups is 1. The summed E-state index contributed by atoms with van der Waals surface area (Å²) in [5.41, 5.74) is -0.625. The lowest BCUT2D eigenvalue weighted by atomic mass is 9.76. The van der Waals surface area contributed by atoms with E-state index in [2.05, 4.69) is 0 Å². The molecule has 0 bridgehead atoms. The number of ketones is 1. The number of sulfone groups is 2. The average Bonchev–Trinajstić information content (AvgIpc) is 2.56. The second-order valence-corrected chi connectivity index (χ2v) is 12.4. The minimum Gasteiger partial charge on any atom is -0.479 e. The molecule has 0 radical (unpaired) electrons. The first-order valence-electron chi connectivity index (χ1n) is 9.15. The molecule has 0 fully saturated rings. The standard InChI is InChI=1S/C19H29NO6S2/c1-20(2)12-10-19(11-14-28(4,24)25)18(21)16(9-13-27(3,22)23)15-7-5-6-8-17(15)26-19/h5-8,16H,9-14H2,1-4H3. The molecule has 0 aliphatic carbocycles. The van der Waals surface area contributed by atoms with Gasteiger partial charge in [0.15, 0.2) is 11.4 Å². The zero-order valence-corrected chi connectivity index (χ0v) is 18.5. The van der Waals surface area contributed by atoms with Crippen LogP contribution in [0.3, 0.4) is 0 Å². The van der Waals surface area contributed by atoms with Gasteiger partial charge in [-0.25, -0.2) is 16.8 Å². The van der Waals surface area contributed by atoms with E-state index in [1.807, 2.05) is 19.0 Å². The Labute approximate surface area is 167 Å².